The number of carbonyl (C=O) groups is 1. The standard InChI is InChI=1S/C26H28BrF3N4O2/c1-4-22(33(15-14-32(2)3)24(35)19-10-12-20(27)13-11-19)23-31-16-21(26(28,29)30)25(36)34(23)17-18-8-6-5-7-9-18/h5-13,16,22H,4,14-15,17H2,1-3H3. The van der Waals surface area contributed by atoms with Crippen LogP contribution >= 0.6 is 15.9 Å². The topological polar surface area (TPSA) is 58.4 Å². The molecule has 3 rings (SSSR count). The van der Waals surface area contributed by atoms with Crippen molar-refractivity contribution in [3.63, 3.8) is 0 Å². The van der Waals surface area contributed by atoms with Gasteiger partial charge in [0.15, 0.2) is 0 Å². The van der Waals surface area contributed by atoms with Crippen LogP contribution in [0.15, 0.2) is 70.1 Å². The van der Waals surface area contributed by atoms with Gasteiger partial charge in [-0.2, -0.15) is 13.2 Å². The summed E-state index contributed by atoms with van der Waals surface area (Å²) >= 11 is 3.36. The van der Waals surface area contributed by atoms with Crippen molar-refractivity contribution in [2.24, 2.45) is 0 Å². The molecule has 0 fully saturated rings. The predicted octanol–water partition coefficient (Wildman–Crippen LogP) is 5.23. The number of benzene rings is 2. The van der Waals surface area contributed by atoms with Crippen molar-refractivity contribution in [3.05, 3.63) is 98.1 Å². The second-order valence-corrected chi connectivity index (χ2v) is 9.55. The summed E-state index contributed by atoms with van der Waals surface area (Å²) in [5, 5.41) is 0. The van der Waals surface area contributed by atoms with Crippen molar-refractivity contribution >= 4 is 21.8 Å². The molecule has 0 bridgehead atoms. The Morgan fingerprint density at radius 3 is 2.25 bits per heavy atom. The molecule has 1 heterocycles. The van der Waals surface area contributed by atoms with Crippen molar-refractivity contribution in [2.45, 2.75) is 32.1 Å². The molecule has 0 aliphatic rings. The van der Waals surface area contributed by atoms with Gasteiger partial charge in [0.1, 0.15) is 11.4 Å². The second-order valence-electron chi connectivity index (χ2n) is 8.64. The lowest BCUT2D eigenvalue weighted by Gasteiger charge is -2.33. The summed E-state index contributed by atoms with van der Waals surface area (Å²) in [4.78, 5) is 34.4. The Bertz CT molecular complexity index is 1230. The molecule has 1 unspecified atom stereocenters. The van der Waals surface area contributed by atoms with Crippen LogP contribution in [0.2, 0.25) is 0 Å². The lowest BCUT2D eigenvalue weighted by Crippen LogP contribution is -2.42. The Morgan fingerprint density at radius 1 is 1.06 bits per heavy atom. The number of hydrogen-bond acceptors (Lipinski definition) is 4. The van der Waals surface area contributed by atoms with Crippen LogP contribution in [-0.4, -0.2) is 52.4 Å². The fourth-order valence-electron chi connectivity index (χ4n) is 3.89. The quantitative estimate of drug-likeness (QED) is 0.357. The lowest BCUT2D eigenvalue weighted by atomic mass is 10.1. The summed E-state index contributed by atoms with van der Waals surface area (Å²) in [5.41, 5.74) is -1.44. The van der Waals surface area contributed by atoms with E-state index in [9.17, 15) is 22.8 Å². The molecular formula is C26H28BrF3N4O2. The van der Waals surface area contributed by atoms with E-state index < -0.39 is 23.3 Å². The summed E-state index contributed by atoms with van der Waals surface area (Å²) < 4.78 is 42.7. The zero-order chi connectivity index (χ0) is 26.5. The molecule has 0 aliphatic carbocycles. The predicted molar refractivity (Wildman–Crippen MR) is 136 cm³/mol. The maximum absolute atomic E-state index is 13.6. The highest BCUT2D eigenvalue weighted by molar-refractivity contribution is 9.10. The molecule has 192 valence electrons. The van der Waals surface area contributed by atoms with E-state index in [0.717, 1.165) is 9.04 Å². The molecule has 6 nitrogen and oxygen atoms in total. The lowest BCUT2D eigenvalue weighted by molar-refractivity contribution is -0.139. The van der Waals surface area contributed by atoms with Crippen molar-refractivity contribution < 1.29 is 18.0 Å². The first-order valence-corrected chi connectivity index (χ1v) is 12.2. The number of rotatable bonds is 9. The smallest absolute Gasteiger partial charge is 0.327 e. The van der Waals surface area contributed by atoms with Gasteiger partial charge in [-0.15, -0.1) is 0 Å². The monoisotopic (exact) mass is 564 g/mol. The Kier molecular flexibility index (Phi) is 9.08. The molecule has 0 aliphatic heterocycles. The van der Waals surface area contributed by atoms with Crippen molar-refractivity contribution in [2.75, 3.05) is 27.2 Å². The first kappa shape index (κ1) is 27.6. The Balaban J connectivity index is 2.15. The third-order valence-corrected chi connectivity index (χ3v) is 6.30. The minimum Gasteiger partial charge on any atom is -0.327 e. The minimum atomic E-state index is -4.85. The fraction of sp³-hybridized carbons (Fsp3) is 0.346. The number of carbonyl (C=O) groups excluding carboxylic acids is 1. The molecule has 0 spiro atoms. The summed E-state index contributed by atoms with van der Waals surface area (Å²) in [6, 6.07) is 14.9. The van der Waals surface area contributed by atoms with Gasteiger partial charge < -0.3 is 9.80 Å². The van der Waals surface area contributed by atoms with Gasteiger partial charge in [-0.05, 0) is 50.3 Å². The minimum absolute atomic E-state index is 0.101. The highest BCUT2D eigenvalue weighted by Crippen LogP contribution is 2.29. The Labute approximate surface area is 216 Å². The van der Waals surface area contributed by atoms with E-state index in [0.29, 0.717) is 36.8 Å². The van der Waals surface area contributed by atoms with E-state index in [1.165, 1.54) is 0 Å². The molecule has 0 N–H and O–H groups in total. The normalized spacial score (nSPS) is 12.6. The maximum Gasteiger partial charge on any atom is 0.423 e. The number of aromatic nitrogens is 2. The third-order valence-electron chi connectivity index (χ3n) is 5.77. The number of hydrogen-bond donors (Lipinski definition) is 0. The summed E-state index contributed by atoms with van der Waals surface area (Å²) in [5.74, 6) is -0.180. The van der Waals surface area contributed by atoms with Gasteiger partial charge in [-0.25, -0.2) is 4.98 Å². The number of nitrogens with zero attached hydrogens (tertiary/aromatic N) is 4. The molecular weight excluding hydrogens is 537 g/mol. The van der Waals surface area contributed by atoms with Crippen LogP contribution in [0.5, 0.6) is 0 Å². The molecule has 2 aromatic carbocycles. The van der Waals surface area contributed by atoms with Crippen molar-refractivity contribution in [1.29, 1.82) is 0 Å². The molecule has 36 heavy (non-hydrogen) atoms. The first-order valence-electron chi connectivity index (χ1n) is 11.4. The van der Waals surface area contributed by atoms with Crippen LogP contribution in [0.25, 0.3) is 0 Å². The van der Waals surface area contributed by atoms with Crippen LogP contribution in [0.3, 0.4) is 0 Å². The zero-order valence-corrected chi connectivity index (χ0v) is 21.9. The van der Waals surface area contributed by atoms with E-state index in [1.54, 1.807) is 59.5 Å². The molecule has 3 aromatic rings. The Hall–Kier alpha value is -2.98. The van der Waals surface area contributed by atoms with E-state index in [4.69, 9.17) is 0 Å². The van der Waals surface area contributed by atoms with Crippen LogP contribution < -0.4 is 5.56 Å². The van der Waals surface area contributed by atoms with Crippen LogP contribution in [-0.2, 0) is 12.7 Å². The molecule has 10 heteroatoms. The molecule has 1 aromatic heterocycles. The SMILES string of the molecule is CCC(c1ncc(C(F)(F)F)c(=O)n1Cc1ccccc1)N(CCN(C)C)C(=O)c1ccc(Br)cc1. The number of likely N-dealkylation sites (N-methyl/N-ethyl adjacent to an activating group) is 1. The summed E-state index contributed by atoms with van der Waals surface area (Å²) in [7, 11) is 3.73. The van der Waals surface area contributed by atoms with E-state index >= 15 is 0 Å². The van der Waals surface area contributed by atoms with Gasteiger partial charge >= 0.3 is 6.18 Å². The Morgan fingerprint density at radius 2 is 1.69 bits per heavy atom. The van der Waals surface area contributed by atoms with Gasteiger partial charge in [0, 0.05) is 29.3 Å². The van der Waals surface area contributed by atoms with Crippen LogP contribution in [0.1, 0.15) is 46.7 Å². The number of amides is 1. The highest BCUT2D eigenvalue weighted by Gasteiger charge is 2.37. The van der Waals surface area contributed by atoms with Crippen LogP contribution in [0.4, 0.5) is 13.2 Å². The van der Waals surface area contributed by atoms with E-state index in [2.05, 4.69) is 20.9 Å². The number of alkyl halides is 3. The average molecular weight is 565 g/mol. The van der Waals surface area contributed by atoms with Gasteiger partial charge in [-0.3, -0.25) is 14.2 Å². The van der Waals surface area contributed by atoms with E-state index in [-0.39, 0.29) is 18.3 Å². The molecule has 0 saturated carbocycles. The number of halogens is 4. The summed E-state index contributed by atoms with van der Waals surface area (Å²) in [6.45, 7) is 2.53. The average Bonchev–Trinajstić information content (AvgIpc) is 2.83. The molecule has 1 amide bonds. The summed E-state index contributed by atoms with van der Waals surface area (Å²) in [6.07, 6.45) is -3.92. The van der Waals surface area contributed by atoms with Crippen molar-refractivity contribution in [3.8, 4) is 0 Å². The van der Waals surface area contributed by atoms with Gasteiger partial charge in [0.05, 0.1) is 12.6 Å². The largest absolute Gasteiger partial charge is 0.423 e. The van der Waals surface area contributed by atoms with E-state index in [1.807, 2.05) is 25.9 Å². The third kappa shape index (κ3) is 6.61. The van der Waals surface area contributed by atoms with Gasteiger partial charge in [0.2, 0.25) is 0 Å². The van der Waals surface area contributed by atoms with Crippen LogP contribution in [0, 0.1) is 0 Å². The molecule has 0 saturated heterocycles. The first-order chi connectivity index (χ1) is 17.0. The fourth-order valence-corrected chi connectivity index (χ4v) is 4.16. The van der Waals surface area contributed by atoms with Gasteiger partial charge in [-0.1, -0.05) is 53.2 Å². The zero-order valence-electron chi connectivity index (χ0n) is 20.3. The van der Waals surface area contributed by atoms with Crippen molar-refractivity contribution in [1.82, 2.24) is 19.4 Å². The second kappa shape index (κ2) is 11.8. The highest BCUT2D eigenvalue weighted by atomic mass is 79.9. The van der Waals surface area contributed by atoms with Gasteiger partial charge in [0.25, 0.3) is 11.5 Å². The molecule has 1 atom stereocenters. The maximum atomic E-state index is 13.6. The molecule has 0 radical (unpaired) electrons.